The van der Waals surface area contributed by atoms with Crippen LogP contribution in [0.4, 0.5) is 0 Å². The van der Waals surface area contributed by atoms with Gasteiger partial charge in [0.1, 0.15) is 4.75 Å². The molecule has 0 aliphatic carbocycles. The number of hydrogen-bond donors (Lipinski definition) is 0. The van der Waals surface area contributed by atoms with Crippen molar-refractivity contribution in [3.63, 3.8) is 0 Å². The minimum absolute atomic E-state index is 0.227. The van der Waals surface area contributed by atoms with Crippen molar-refractivity contribution in [2.24, 2.45) is 0 Å². The summed E-state index contributed by atoms with van der Waals surface area (Å²) >= 11 is 1.52. The van der Waals surface area contributed by atoms with Crippen molar-refractivity contribution in [2.75, 3.05) is 6.61 Å². The molecule has 0 fully saturated rings. The summed E-state index contributed by atoms with van der Waals surface area (Å²) in [6, 6.07) is 19.7. The Hall–Kier alpha value is -2.00. The lowest BCUT2D eigenvalue weighted by Crippen LogP contribution is -2.34. The Kier molecular flexibility index (Phi) is 5.84. The second-order valence-corrected chi connectivity index (χ2v) is 6.19. The molecular weight excluding hydrogens is 292 g/mol. The second kappa shape index (κ2) is 7.85. The molecule has 1 unspecified atom stereocenters. The maximum Gasteiger partial charge on any atom is 0.327 e. The predicted octanol–water partition coefficient (Wildman–Crippen LogP) is 4.81. The van der Waals surface area contributed by atoms with Gasteiger partial charge in [0, 0.05) is 4.90 Å². The molecule has 0 amide bonds. The zero-order valence-corrected chi connectivity index (χ0v) is 13.5. The van der Waals surface area contributed by atoms with E-state index in [2.05, 4.69) is 6.58 Å². The van der Waals surface area contributed by atoms with Crippen LogP contribution in [-0.4, -0.2) is 12.6 Å². The summed E-state index contributed by atoms with van der Waals surface area (Å²) in [5.74, 6) is -0.227. The van der Waals surface area contributed by atoms with Crippen LogP contribution < -0.4 is 0 Å². The average molecular weight is 312 g/mol. The third kappa shape index (κ3) is 3.60. The van der Waals surface area contributed by atoms with E-state index in [1.807, 2.05) is 67.6 Å². The standard InChI is InChI=1S/C19H20O2S/c1-3-15-19(18(20)21-4-2,16-11-7-5-8-12-16)22-17-13-9-6-10-14-17/h3,5-14H,1,4,15H2,2H3. The summed E-state index contributed by atoms with van der Waals surface area (Å²) in [5.41, 5.74) is 0.933. The van der Waals surface area contributed by atoms with Crippen molar-refractivity contribution in [1.82, 2.24) is 0 Å². The lowest BCUT2D eigenvalue weighted by molar-refractivity contribution is -0.146. The fourth-order valence-electron chi connectivity index (χ4n) is 2.31. The Balaban J connectivity index is 2.49. The van der Waals surface area contributed by atoms with Gasteiger partial charge < -0.3 is 4.74 Å². The highest BCUT2D eigenvalue weighted by molar-refractivity contribution is 8.01. The Morgan fingerprint density at radius 1 is 1.14 bits per heavy atom. The molecule has 0 saturated carbocycles. The molecule has 0 heterocycles. The van der Waals surface area contributed by atoms with Gasteiger partial charge in [-0.05, 0) is 31.0 Å². The van der Waals surface area contributed by atoms with E-state index in [4.69, 9.17) is 4.74 Å². The van der Waals surface area contributed by atoms with Gasteiger partial charge in [0.2, 0.25) is 0 Å². The van der Waals surface area contributed by atoms with Gasteiger partial charge in [-0.1, -0.05) is 54.6 Å². The highest BCUT2D eigenvalue weighted by Gasteiger charge is 2.41. The lowest BCUT2D eigenvalue weighted by Gasteiger charge is -2.30. The molecule has 0 spiro atoms. The maximum atomic E-state index is 12.8. The number of carbonyl (C=O) groups excluding carboxylic acids is 1. The van der Waals surface area contributed by atoms with Crippen LogP contribution in [0.1, 0.15) is 18.9 Å². The van der Waals surface area contributed by atoms with Crippen LogP contribution in [0.3, 0.4) is 0 Å². The molecule has 2 aromatic rings. The highest BCUT2D eigenvalue weighted by Crippen LogP contribution is 2.45. The first-order chi connectivity index (χ1) is 10.7. The Morgan fingerprint density at radius 3 is 2.27 bits per heavy atom. The number of thioether (sulfide) groups is 1. The zero-order chi connectivity index (χ0) is 15.8. The second-order valence-electron chi connectivity index (χ2n) is 4.82. The van der Waals surface area contributed by atoms with E-state index in [9.17, 15) is 4.79 Å². The van der Waals surface area contributed by atoms with E-state index >= 15 is 0 Å². The third-order valence-electron chi connectivity index (χ3n) is 3.31. The van der Waals surface area contributed by atoms with E-state index in [1.165, 1.54) is 11.8 Å². The van der Waals surface area contributed by atoms with E-state index < -0.39 is 4.75 Å². The molecule has 0 saturated heterocycles. The Bertz CT molecular complexity index is 610. The summed E-state index contributed by atoms with van der Waals surface area (Å²) in [6.07, 6.45) is 2.29. The minimum Gasteiger partial charge on any atom is -0.465 e. The van der Waals surface area contributed by atoms with Gasteiger partial charge in [-0.3, -0.25) is 4.79 Å². The molecule has 0 radical (unpaired) electrons. The number of hydrogen-bond acceptors (Lipinski definition) is 3. The van der Waals surface area contributed by atoms with Crippen LogP contribution in [0, 0.1) is 0 Å². The summed E-state index contributed by atoms with van der Waals surface area (Å²) < 4.78 is 4.57. The average Bonchev–Trinajstić information content (AvgIpc) is 2.56. The normalized spacial score (nSPS) is 13.1. The highest BCUT2D eigenvalue weighted by atomic mass is 32.2. The number of carbonyl (C=O) groups is 1. The smallest absolute Gasteiger partial charge is 0.327 e. The quantitative estimate of drug-likeness (QED) is 0.417. The summed E-state index contributed by atoms with van der Waals surface area (Å²) in [5, 5.41) is 0. The molecule has 0 aliphatic heterocycles. The van der Waals surface area contributed by atoms with Crippen LogP contribution in [0.5, 0.6) is 0 Å². The van der Waals surface area contributed by atoms with Crippen LogP contribution in [0.15, 0.2) is 78.2 Å². The molecule has 22 heavy (non-hydrogen) atoms. The van der Waals surface area contributed by atoms with E-state index in [0.717, 1.165) is 10.5 Å². The lowest BCUT2D eigenvalue weighted by atomic mass is 9.94. The zero-order valence-electron chi connectivity index (χ0n) is 12.7. The Labute approximate surface area is 136 Å². The van der Waals surface area contributed by atoms with Crippen LogP contribution >= 0.6 is 11.8 Å². The molecule has 114 valence electrons. The molecular formula is C19H20O2S. The van der Waals surface area contributed by atoms with Crippen molar-refractivity contribution >= 4 is 17.7 Å². The van der Waals surface area contributed by atoms with Gasteiger partial charge in [-0.15, -0.1) is 18.3 Å². The van der Waals surface area contributed by atoms with E-state index in [0.29, 0.717) is 13.0 Å². The molecule has 0 N–H and O–H groups in total. The van der Waals surface area contributed by atoms with Gasteiger partial charge in [0.15, 0.2) is 0 Å². The van der Waals surface area contributed by atoms with Crippen molar-refractivity contribution in [2.45, 2.75) is 23.0 Å². The number of benzene rings is 2. The molecule has 2 aromatic carbocycles. The first kappa shape index (κ1) is 16.4. The van der Waals surface area contributed by atoms with Crippen LogP contribution in [-0.2, 0) is 14.3 Å². The molecule has 3 heteroatoms. The molecule has 0 aromatic heterocycles. The van der Waals surface area contributed by atoms with Crippen molar-refractivity contribution in [1.29, 1.82) is 0 Å². The number of esters is 1. The summed E-state index contributed by atoms with van der Waals surface area (Å²) in [4.78, 5) is 13.8. The van der Waals surface area contributed by atoms with Gasteiger partial charge >= 0.3 is 5.97 Å². The summed E-state index contributed by atoms with van der Waals surface area (Å²) in [6.45, 7) is 6.02. The Morgan fingerprint density at radius 2 is 1.73 bits per heavy atom. The molecule has 0 aliphatic rings. The fourth-order valence-corrected chi connectivity index (χ4v) is 3.60. The van der Waals surface area contributed by atoms with Gasteiger partial charge in [-0.2, -0.15) is 0 Å². The van der Waals surface area contributed by atoms with Crippen molar-refractivity contribution in [3.05, 3.63) is 78.9 Å². The number of allylic oxidation sites excluding steroid dienone is 1. The third-order valence-corrected chi connectivity index (χ3v) is 4.74. The molecule has 2 nitrogen and oxygen atoms in total. The minimum atomic E-state index is -0.805. The molecule has 1 atom stereocenters. The maximum absolute atomic E-state index is 12.8. The molecule has 2 rings (SSSR count). The van der Waals surface area contributed by atoms with Gasteiger partial charge in [0.25, 0.3) is 0 Å². The first-order valence-corrected chi connectivity index (χ1v) is 8.12. The van der Waals surface area contributed by atoms with Crippen molar-refractivity contribution in [3.8, 4) is 0 Å². The van der Waals surface area contributed by atoms with Crippen LogP contribution in [0.25, 0.3) is 0 Å². The van der Waals surface area contributed by atoms with Gasteiger partial charge in [-0.25, -0.2) is 0 Å². The first-order valence-electron chi connectivity index (χ1n) is 7.30. The van der Waals surface area contributed by atoms with E-state index in [-0.39, 0.29) is 5.97 Å². The fraction of sp³-hybridized carbons (Fsp3) is 0.211. The largest absolute Gasteiger partial charge is 0.465 e. The number of rotatable bonds is 7. The number of ether oxygens (including phenoxy) is 1. The van der Waals surface area contributed by atoms with Crippen molar-refractivity contribution < 1.29 is 9.53 Å². The molecule has 0 bridgehead atoms. The summed E-state index contributed by atoms with van der Waals surface area (Å²) in [7, 11) is 0. The SMILES string of the molecule is C=CCC(Sc1ccccc1)(C(=O)OCC)c1ccccc1. The predicted molar refractivity (Wildman–Crippen MR) is 91.9 cm³/mol. The van der Waals surface area contributed by atoms with E-state index in [1.54, 1.807) is 6.08 Å². The monoisotopic (exact) mass is 312 g/mol. The topological polar surface area (TPSA) is 26.3 Å². The van der Waals surface area contributed by atoms with Gasteiger partial charge in [0.05, 0.1) is 6.61 Å². The van der Waals surface area contributed by atoms with Crippen LogP contribution in [0.2, 0.25) is 0 Å².